The number of hydrogen-bond donors (Lipinski definition) is 1. The molecule has 4 rings (SSSR count). The van der Waals surface area contributed by atoms with E-state index in [1.807, 2.05) is 42.6 Å². The Kier molecular flexibility index (Phi) is 2.42. The third-order valence-electron chi connectivity index (χ3n) is 3.83. The molecule has 3 heteroatoms. The number of rotatable bonds is 1. The number of H-pyrrole nitrogens is 1. The fourth-order valence-electron chi connectivity index (χ4n) is 2.80. The number of para-hydroxylation sites is 1. The minimum Gasteiger partial charge on any atom is -0.361 e. The molecule has 1 aliphatic carbocycles. The molecule has 21 heavy (non-hydrogen) atoms. The fraction of sp³-hybridized carbons (Fsp3) is 0. The highest BCUT2D eigenvalue weighted by molar-refractivity contribution is 6.64. The maximum Gasteiger partial charge on any atom is 0.234 e. The number of allylic oxidation sites excluding steroid dienone is 1. The fourth-order valence-corrected chi connectivity index (χ4v) is 2.80. The lowest BCUT2D eigenvalue weighted by molar-refractivity contribution is -0.109. The predicted octanol–water partition coefficient (Wildman–Crippen LogP) is 3.47. The standard InChI is InChI=1S/C18H11NO2/c20-17-14-7-2-1-6-13(14)15(18(17)21)9-11-10-19-16-8-4-3-5-12(11)16/h1-10,19H. The number of ketones is 2. The van der Waals surface area contributed by atoms with Crippen LogP contribution in [0.4, 0.5) is 0 Å². The van der Waals surface area contributed by atoms with Crippen LogP contribution in [0.15, 0.2) is 54.7 Å². The Hall–Kier alpha value is -2.94. The van der Waals surface area contributed by atoms with Crippen LogP contribution in [0.5, 0.6) is 0 Å². The third-order valence-corrected chi connectivity index (χ3v) is 3.83. The monoisotopic (exact) mass is 273 g/mol. The van der Waals surface area contributed by atoms with E-state index in [0.717, 1.165) is 22.0 Å². The summed E-state index contributed by atoms with van der Waals surface area (Å²) in [6.07, 6.45) is 3.65. The van der Waals surface area contributed by atoms with Gasteiger partial charge in [-0.15, -0.1) is 0 Å². The SMILES string of the molecule is O=C1C(=O)c2ccccc2C1=Cc1c[nH]c2ccccc12. The van der Waals surface area contributed by atoms with Gasteiger partial charge in [-0.2, -0.15) is 0 Å². The second kappa shape index (κ2) is 4.28. The first-order valence-corrected chi connectivity index (χ1v) is 6.72. The summed E-state index contributed by atoms with van der Waals surface area (Å²) in [5, 5.41) is 1.04. The Morgan fingerprint density at radius 1 is 0.810 bits per heavy atom. The zero-order valence-electron chi connectivity index (χ0n) is 11.1. The van der Waals surface area contributed by atoms with E-state index < -0.39 is 11.6 Å². The van der Waals surface area contributed by atoms with Crippen LogP contribution in [0.3, 0.4) is 0 Å². The van der Waals surface area contributed by atoms with E-state index in [1.54, 1.807) is 18.2 Å². The lowest BCUT2D eigenvalue weighted by Crippen LogP contribution is -2.05. The number of aromatic nitrogens is 1. The maximum atomic E-state index is 12.2. The molecule has 0 unspecified atom stereocenters. The second-order valence-corrected chi connectivity index (χ2v) is 5.05. The molecular formula is C18H11NO2. The van der Waals surface area contributed by atoms with Crippen molar-refractivity contribution in [2.75, 3.05) is 0 Å². The molecule has 0 bridgehead atoms. The van der Waals surface area contributed by atoms with Gasteiger partial charge in [0.15, 0.2) is 0 Å². The van der Waals surface area contributed by atoms with Crippen molar-refractivity contribution < 1.29 is 9.59 Å². The number of fused-ring (bicyclic) bond motifs is 2. The molecule has 3 nitrogen and oxygen atoms in total. The number of benzene rings is 2. The summed E-state index contributed by atoms with van der Waals surface area (Å²) >= 11 is 0. The Bertz CT molecular complexity index is 931. The molecule has 0 saturated heterocycles. The molecule has 0 saturated carbocycles. The van der Waals surface area contributed by atoms with Crippen LogP contribution < -0.4 is 0 Å². The highest BCUT2D eigenvalue weighted by Gasteiger charge is 2.32. The van der Waals surface area contributed by atoms with Gasteiger partial charge in [-0.3, -0.25) is 9.59 Å². The van der Waals surface area contributed by atoms with Gasteiger partial charge in [-0.25, -0.2) is 0 Å². The van der Waals surface area contributed by atoms with E-state index in [2.05, 4.69) is 4.98 Å². The van der Waals surface area contributed by atoms with Crippen LogP contribution in [0.25, 0.3) is 22.6 Å². The van der Waals surface area contributed by atoms with Crippen molar-refractivity contribution in [2.24, 2.45) is 0 Å². The van der Waals surface area contributed by atoms with Crippen LogP contribution in [-0.2, 0) is 4.79 Å². The van der Waals surface area contributed by atoms with Gasteiger partial charge in [0.25, 0.3) is 0 Å². The van der Waals surface area contributed by atoms with Gasteiger partial charge in [0.05, 0.1) is 0 Å². The van der Waals surface area contributed by atoms with E-state index in [4.69, 9.17) is 0 Å². The lowest BCUT2D eigenvalue weighted by atomic mass is 10.0. The Morgan fingerprint density at radius 2 is 1.52 bits per heavy atom. The molecule has 0 fully saturated rings. The molecule has 1 heterocycles. The first-order valence-electron chi connectivity index (χ1n) is 6.72. The second-order valence-electron chi connectivity index (χ2n) is 5.05. The van der Waals surface area contributed by atoms with E-state index in [1.165, 1.54) is 0 Å². The minimum absolute atomic E-state index is 0.420. The van der Waals surface area contributed by atoms with Crippen LogP contribution >= 0.6 is 0 Å². The average molecular weight is 273 g/mol. The van der Waals surface area contributed by atoms with Gasteiger partial charge >= 0.3 is 0 Å². The molecule has 0 aliphatic heterocycles. The molecule has 1 aliphatic rings. The molecule has 2 aromatic carbocycles. The van der Waals surface area contributed by atoms with Crippen LogP contribution in [0.2, 0.25) is 0 Å². The van der Waals surface area contributed by atoms with E-state index in [-0.39, 0.29) is 0 Å². The summed E-state index contributed by atoms with van der Waals surface area (Å²) in [6, 6.07) is 15.0. The first kappa shape index (κ1) is 11.9. The molecular weight excluding hydrogens is 262 g/mol. The van der Waals surface area contributed by atoms with Gasteiger partial charge < -0.3 is 4.98 Å². The lowest BCUT2D eigenvalue weighted by Gasteiger charge is -1.98. The molecule has 0 spiro atoms. The van der Waals surface area contributed by atoms with Crippen molar-refractivity contribution in [3.63, 3.8) is 0 Å². The Morgan fingerprint density at radius 3 is 2.38 bits per heavy atom. The van der Waals surface area contributed by atoms with Gasteiger partial charge in [0.2, 0.25) is 11.6 Å². The minimum atomic E-state index is -0.429. The summed E-state index contributed by atoms with van der Waals surface area (Å²) in [4.78, 5) is 27.4. The molecule has 1 N–H and O–H groups in total. The van der Waals surface area contributed by atoms with Crippen molar-refractivity contribution in [3.05, 3.63) is 71.4 Å². The number of carbonyl (C=O) groups excluding carboxylic acids is 2. The largest absolute Gasteiger partial charge is 0.361 e. The van der Waals surface area contributed by atoms with Crippen molar-refractivity contribution in [1.29, 1.82) is 0 Å². The summed E-state index contributed by atoms with van der Waals surface area (Å²) in [7, 11) is 0. The van der Waals surface area contributed by atoms with Gasteiger partial charge in [-0.05, 0) is 17.7 Å². The smallest absolute Gasteiger partial charge is 0.234 e. The summed E-state index contributed by atoms with van der Waals surface area (Å²) in [6.45, 7) is 0. The third kappa shape index (κ3) is 1.68. The Labute approximate surface area is 120 Å². The van der Waals surface area contributed by atoms with Crippen molar-refractivity contribution in [1.82, 2.24) is 4.98 Å². The molecule has 1 aromatic heterocycles. The Balaban J connectivity index is 1.94. The number of Topliss-reactive ketones (excluding diaryl/α,β-unsaturated/α-hetero) is 2. The zero-order valence-corrected chi connectivity index (χ0v) is 11.1. The zero-order chi connectivity index (χ0) is 14.4. The normalized spacial score (nSPS) is 15.9. The van der Waals surface area contributed by atoms with E-state index in [9.17, 15) is 9.59 Å². The molecule has 0 atom stereocenters. The summed E-state index contributed by atoms with van der Waals surface area (Å²) in [5.74, 6) is -0.849. The quantitative estimate of drug-likeness (QED) is 0.545. The summed E-state index contributed by atoms with van der Waals surface area (Å²) in [5.41, 5.74) is 3.61. The predicted molar refractivity (Wildman–Crippen MR) is 81.9 cm³/mol. The summed E-state index contributed by atoms with van der Waals surface area (Å²) < 4.78 is 0. The van der Waals surface area contributed by atoms with E-state index >= 15 is 0 Å². The van der Waals surface area contributed by atoms with Gasteiger partial charge in [0.1, 0.15) is 0 Å². The number of carbonyl (C=O) groups is 2. The van der Waals surface area contributed by atoms with Crippen LogP contribution in [-0.4, -0.2) is 16.6 Å². The van der Waals surface area contributed by atoms with Crippen LogP contribution in [0.1, 0.15) is 21.5 Å². The van der Waals surface area contributed by atoms with Crippen molar-refractivity contribution in [2.45, 2.75) is 0 Å². The molecule has 3 aromatic rings. The maximum absolute atomic E-state index is 12.2. The molecule has 100 valence electrons. The number of aromatic amines is 1. The topological polar surface area (TPSA) is 49.9 Å². The molecule has 0 radical (unpaired) electrons. The molecule has 0 amide bonds. The number of nitrogens with one attached hydrogen (secondary N) is 1. The van der Waals surface area contributed by atoms with Gasteiger partial charge in [-0.1, -0.05) is 42.5 Å². The average Bonchev–Trinajstić information content (AvgIpc) is 3.04. The van der Waals surface area contributed by atoms with Crippen molar-refractivity contribution >= 4 is 34.1 Å². The highest BCUT2D eigenvalue weighted by atomic mass is 16.2. The van der Waals surface area contributed by atoms with Crippen LogP contribution in [0, 0.1) is 0 Å². The highest BCUT2D eigenvalue weighted by Crippen LogP contribution is 2.32. The van der Waals surface area contributed by atoms with Crippen molar-refractivity contribution in [3.8, 4) is 0 Å². The van der Waals surface area contributed by atoms with Gasteiger partial charge in [0, 0.05) is 33.8 Å². The van der Waals surface area contributed by atoms with E-state index in [0.29, 0.717) is 11.1 Å². The number of hydrogen-bond acceptors (Lipinski definition) is 2. The first-order chi connectivity index (χ1) is 10.3.